The first-order valence-corrected chi connectivity index (χ1v) is 5.36. The summed E-state index contributed by atoms with van der Waals surface area (Å²) < 4.78 is 0. The van der Waals surface area contributed by atoms with E-state index in [1.54, 1.807) is 11.8 Å². The Labute approximate surface area is 79.1 Å². The zero-order valence-corrected chi connectivity index (χ0v) is 8.36. The molecule has 0 amide bonds. The minimum absolute atomic E-state index is 0.206. The van der Waals surface area contributed by atoms with E-state index in [1.165, 1.54) is 0 Å². The van der Waals surface area contributed by atoms with Crippen molar-refractivity contribution < 1.29 is 5.11 Å². The number of aliphatic hydroxyl groups is 1. The lowest BCUT2D eigenvalue weighted by Gasteiger charge is -2.08. The molecule has 0 rings (SSSR count). The first-order valence-electron chi connectivity index (χ1n) is 4.21. The van der Waals surface area contributed by atoms with Crippen LogP contribution in [0.3, 0.4) is 0 Å². The summed E-state index contributed by atoms with van der Waals surface area (Å²) in [5.74, 6) is 4.35. The third kappa shape index (κ3) is 7.93. The highest BCUT2D eigenvalue weighted by molar-refractivity contribution is 7.99. The van der Waals surface area contributed by atoms with Crippen molar-refractivity contribution in [2.75, 3.05) is 24.6 Å². The van der Waals surface area contributed by atoms with Gasteiger partial charge in [-0.15, -0.1) is 18.2 Å². The average molecular weight is 187 g/mol. The van der Waals surface area contributed by atoms with E-state index in [1.807, 2.05) is 6.92 Å². The molecule has 1 atom stereocenters. The molecule has 0 spiro atoms. The first kappa shape index (κ1) is 11.8. The quantitative estimate of drug-likeness (QED) is 0.455. The summed E-state index contributed by atoms with van der Waals surface area (Å²) in [5.41, 5.74) is 0. The Bertz CT molecular complexity index is 133. The van der Waals surface area contributed by atoms with Crippen LogP contribution in [0.1, 0.15) is 13.3 Å². The van der Waals surface area contributed by atoms with E-state index in [-0.39, 0.29) is 6.10 Å². The highest BCUT2D eigenvalue weighted by Crippen LogP contribution is 1.95. The second-order valence-corrected chi connectivity index (χ2v) is 3.63. The topological polar surface area (TPSA) is 32.3 Å². The molecule has 0 aromatic carbocycles. The van der Waals surface area contributed by atoms with Gasteiger partial charge in [0.05, 0.1) is 11.9 Å². The lowest BCUT2D eigenvalue weighted by atomic mass is 10.3. The highest BCUT2D eigenvalue weighted by Gasteiger charge is 1.97. The Hall–Kier alpha value is -0.170. The van der Waals surface area contributed by atoms with E-state index < -0.39 is 0 Å². The third-order valence-corrected chi connectivity index (χ3v) is 2.32. The van der Waals surface area contributed by atoms with Gasteiger partial charge in [0.2, 0.25) is 0 Å². The van der Waals surface area contributed by atoms with Crippen LogP contribution in [0, 0.1) is 12.3 Å². The number of hydrogen-bond donors (Lipinski definition) is 2. The number of rotatable bonds is 7. The summed E-state index contributed by atoms with van der Waals surface area (Å²) >= 11 is 1.73. The van der Waals surface area contributed by atoms with Gasteiger partial charge in [0, 0.05) is 18.8 Å². The van der Waals surface area contributed by atoms with Crippen LogP contribution in [-0.2, 0) is 0 Å². The number of thioether (sulfide) groups is 1. The second kappa shape index (κ2) is 8.92. The van der Waals surface area contributed by atoms with Crippen molar-refractivity contribution in [3.05, 3.63) is 0 Å². The van der Waals surface area contributed by atoms with Gasteiger partial charge >= 0.3 is 0 Å². The number of terminal acetylenes is 1. The summed E-state index contributed by atoms with van der Waals surface area (Å²) in [6.45, 7) is 3.58. The molecule has 0 saturated carbocycles. The molecular weight excluding hydrogens is 170 g/mol. The molecule has 2 N–H and O–H groups in total. The van der Waals surface area contributed by atoms with E-state index in [0.717, 1.165) is 24.5 Å². The number of hydrogen-bond acceptors (Lipinski definition) is 3. The van der Waals surface area contributed by atoms with Crippen LogP contribution in [0.4, 0.5) is 0 Å². The molecular formula is C9H17NOS. The SMILES string of the molecule is C#CCSCCNCC(O)CC. The maximum atomic E-state index is 9.16. The molecule has 0 aromatic rings. The van der Waals surface area contributed by atoms with E-state index in [9.17, 15) is 0 Å². The van der Waals surface area contributed by atoms with Crippen LogP contribution in [-0.4, -0.2) is 35.8 Å². The fourth-order valence-electron chi connectivity index (χ4n) is 0.688. The molecule has 0 bridgehead atoms. The fourth-order valence-corrected chi connectivity index (χ4v) is 1.24. The Morgan fingerprint density at radius 3 is 3.00 bits per heavy atom. The van der Waals surface area contributed by atoms with E-state index in [4.69, 9.17) is 11.5 Å². The molecule has 0 aromatic heterocycles. The van der Waals surface area contributed by atoms with Crippen molar-refractivity contribution in [2.24, 2.45) is 0 Å². The van der Waals surface area contributed by atoms with Crippen LogP contribution in [0.15, 0.2) is 0 Å². The summed E-state index contributed by atoms with van der Waals surface area (Å²) in [4.78, 5) is 0. The first-order chi connectivity index (χ1) is 5.81. The van der Waals surface area contributed by atoms with Gasteiger partial charge in [0.15, 0.2) is 0 Å². The molecule has 0 aliphatic carbocycles. The summed E-state index contributed by atoms with van der Waals surface area (Å²) in [6, 6.07) is 0. The maximum Gasteiger partial charge on any atom is 0.0662 e. The van der Waals surface area contributed by atoms with Gasteiger partial charge in [-0.3, -0.25) is 0 Å². The highest BCUT2D eigenvalue weighted by atomic mass is 32.2. The largest absolute Gasteiger partial charge is 0.392 e. The summed E-state index contributed by atoms with van der Waals surface area (Å²) in [5, 5.41) is 12.3. The maximum absolute atomic E-state index is 9.16. The number of aliphatic hydroxyl groups excluding tert-OH is 1. The monoisotopic (exact) mass is 187 g/mol. The van der Waals surface area contributed by atoms with Crippen LogP contribution in [0.2, 0.25) is 0 Å². The van der Waals surface area contributed by atoms with Gasteiger partial charge in [-0.2, -0.15) is 0 Å². The predicted molar refractivity (Wildman–Crippen MR) is 55.3 cm³/mol. The van der Waals surface area contributed by atoms with E-state index >= 15 is 0 Å². The van der Waals surface area contributed by atoms with Crippen LogP contribution in [0.5, 0.6) is 0 Å². The molecule has 2 nitrogen and oxygen atoms in total. The minimum atomic E-state index is -0.206. The van der Waals surface area contributed by atoms with Gasteiger partial charge in [-0.1, -0.05) is 12.8 Å². The minimum Gasteiger partial charge on any atom is -0.392 e. The predicted octanol–water partition coefficient (Wildman–Crippen LogP) is 0.713. The molecule has 0 radical (unpaired) electrons. The van der Waals surface area contributed by atoms with E-state index in [0.29, 0.717) is 6.54 Å². The van der Waals surface area contributed by atoms with Crippen molar-refractivity contribution in [2.45, 2.75) is 19.4 Å². The smallest absolute Gasteiger partial charge is 0.0662 e. The van der Waals surface area contributed by atoms with Crippen molar-refractivity contribution in [1.29, 1.82) is 0 Å². The van der Waals surface area contributed by atoms with Crippen molar-refractivity contribution in [1.82, 2.24) is 5.32 Å². The molecule has 1 unspecified atom stereocenters. The molecule has 0 saturated heterocycles. The lowest BCUT2D eigenvalue weighted by Crippen LogP contribution is -2.27. The molecule has 70 valence electrons. The van der Waals surface area contributed by atoms with Gasteiger partial charge in [-0.25, -0.2) is 0 Å². The van der Waals surface area contributed by atoms with Crippen molar-refractivity contribution in [3.8, 4) is 12.3 Å². The Morgan fingerprint density at radius 2 is 2.42 bits per heavy atom. The number of nitrogens with one attached hydrogen (secondary N) is 1. The second-order valence-electron chi connectivity index (χ2n) is 2.52. The fraction of sp³-hybridized carbons (Fsp3) is 0.778. The van der Waals surface area contributed by atoms with Crippen molar-refractivity contribution >= 4 is 11.8 Å². The van der Waals surface area contributed by atoms with Crippen LogP contribution >= 0.6 is 11.8 Å². The van der Waals surface area contributed by atoms with Crippen LogP contribution in [0.25, 0.3) is 0 Å². The molecule has 12 heavy (non-hydrogen) atoms. The molecule has 0 heterocycles. The molecule has 0 fully saturated rings. The lowest BCUT2D eigenvalue weighted by molar-refractivity contribution is 0.168. The zero-order valence-electron chi connectivity index (χ0n) is 7.55. The van der Waals surface area contributed by atoms with Gasteiger partial charge in [-0.05, 0) is 6.42 Å². The normalized spacial score (nSPS) is 12.4. The van der Waals surface area contributed by atoms with Crippen molar-refractivity contribution in [3.63, 3.8) is 0 Å². The zero-order chi connectivity index (χ0) is 9.23. The Balaban J connectivity index is 2.96. The summed E-state index contributed by atoms with van der Waals surface area (Å²) in [6.07, 6.45) is 5.69. The molecule has 0 aliphatic rings. The van der Waals surface area contributed by atoms with Gasteiger partial charge in [0.25, 0.3) is 0 Å². The summed E-state index contributed by atoms with van der Waals surface area (Å²) in [7, 11) is 0. The molecule has 3 heteroatoms. The van der Waals surface area contributed by atoms with Gasteiger partial charge in [0.1, 0.15) is 0 Å². The molecule has 0 aliphatic heterocycles. The third-order valence-electron chi connectivity index (χ3n) is 1.46. The van der Waals surface area contributed by atoms with E-state index in [2.05, 4.69) is 11.2 Å². The standard InChI is InChI=1S/C9H17NOS/c1-3-6-12-7-5-10-8-9(11)4-2/h1,9-11H,4-8H2,2H3. The Morgan fingerprint density at radius 1 is 1.67 bits per heavy atom. The average Bonchev–Trinajstić information content (AvgIpc) is 2.10. The van der Waals surface area contributed by atoms with Gasteiger partial charge < -0.3 is 10.4 Å². The van der Waals surface area contributed by atoms with Crippen LogP contribution < -0.4 is 5.32 Å². The Kier molecular flexibility index (Phi) is 8.80.